The van der Waals surface area contributed by atoms with E-state index in [2.05, 4.69) is 27.1 Å². The molecule has 1 aromatic carbocycles. The van der Waals surface area contributed by atoms with E-state index in [1.54, 1.807) is 12.4 Å². The van der Waals surface area contributed by atoms with Gasteiger partial charge in [0.2, 0.25) is 0 Å². The number of nitrogens with zero attached hydrogens (tertiary/aromatic N) is 3. The number of anilines is 2. The number of para-hydroxylation sites is 2. The molecule has 1 saturated heterocycles. The number of rotatable bonds is 6. The van der Waals surface area contributed by atoms with E-state index in [9.17, 15) is 4.79 Å². The summed E-state index contributed by atoms with van der Waals surface area (Å²) in [4.78, 5) is 23.6. The molecule has 1 atom stereocenters. The highest BCUT2D eigenvalue weighted by molar-refractivity contribution is 6.03. The maximum Gasteiger partial charge on any atom is 0.275 e. The summed E-state index contributed by atoms with van der Waals surface area (Å²) in [5.41, 5.74) is 0.928. The summed E-state index contributed by atoms with van der Waals surface area (Å²) >= 11 is 0. The first-order chi connectivity index (χ1) is 12.7. The first kappa shape index (κ1) is 18.2. The summed E-state index contributed by atoms with van der Waals surface area (Å²) in [6.07, 6.45) is 7.98. The standard InChI is InChI=1S/C20H26N4O2/c1-3-15-9-7-8-12-24(15)19-14-21-17(13-22-19)20(25)23-16-10-5-6-11-18(16)26-4-2/h5-6,10-11,13-15H,3-4,7-9,12H2,1-2H3,(H,23,25). The summed E-state index contributed by atoms with van der Waals surface area (Å²) in [6.45, 7) is 5.65. The van der Waals surface area contributed by atoms with Crippen LogP contribution in [0.1, 0.15) is 50.0 Å². The lowest BCUT2D eigenvalue weighted by Gasteiger charge is -2.35. The fraction of sp³-hybridized carbons (Fsp3) is 0.450. The topological polar surface area (TPSA) is 67.3 Å². The van der Waals surface area contributed by atoms with Crippen LogP contribution < -0.4 is 15.0 Å². The molecule has 1 aliphatic heterocycles. The number of hydrogen-bond acceptors (Lipinski definition) is 5. The number of hydrogen-bond donors (Lipinski definition) is 1. The molecular weight excluding hydrogens is 328 g/mol. The number of ether oxygens (including phenoxy) is 1. The van der Waals surface area contributed by atoms with Crippen LogP contribution in [0, 0.1) is 0 Å². The number of nitrogens with one attached hydrogen (secondary N) is 1. The zero-order valence-corrected chi connectivity index (χ0v) is 15.4. The molecule has 0 aliphatic carbocycles. The van der Waals surface area contributed by atoms with Gasteiger partial charge in [0, 0.05) is 12.6 Å². The van der Waals surface area contributed by atoms with Crippen LogP contribution in [0.25, 0.3) is 0 Å². The van der Waals surface area contributed by atoms with Gasteiger partial charge in [0.1, 0.15) is 17.3 Å². The van der Waals surface area contributed by atoms with Crippen molar-refractivity contribution in [1.82, 2.24) is 9.97 Å². The van der Waals surface area contributed by atoms with Crippen LogP contribution in [0.5, 0.6) is 5.75 Å². The second-order valence-corrected chi connectivity index (χ2v) is 6.39. The molecule has 1 amide bonds. The van der Waals surface area contributed by atoms with Crippen LogP contribution in [-0.4, -0.2) is 35.1 Å². The van der Waals surface area contributed by atoms with Crippen LogP contribution in [0.4, 0.5) is 11.5 Å². The van der Waals surface area contributed by atoms with Crippen LogP contribution in [0.15, 0.2) is 36.7 Å². The van der Waals surface area contributed by atoms with Gasteiger partial charge in [-0.25, -0.2) is 9.97 Å². The van der Waals surface area contributed by atoms with E-state index in [-0.39, 0.29) is 5.91 Å². The third-order valence-corrected chi connectivity index (χ3v) is 4.70. The number of benzene rings is 1. The monoisotopic (exact) mass is 354 g/mol. The minimum Gasteiger partial charge on any atom is -0.492 e. The molecule has 138 valence electrons. The summed E-state index contributed by atoms with van der Waals surface area (Å²) in [5.74, 6) is 1.21. The lowest BCUT2D eigenvalue weighted by molar-refractivity contribution is 0.102. The molecule has 2 heterocycles. The summed E-state index contributed by atoms with van der Waals surface area (Å²) in [6, 6.07) is 7.88. The number of carbonyl (C=O) groups is 1. The smallest absolute Gasteiger partial charge is 0.275 e. The molecule has 3 rings (SSSR count). The molecule has 0 saturated carbocycles. The molecule has 6 nitrogen and oxygen atoms in total. The predicted octanol–water partition coefficient (Wildman–Crippen LogP) is 3.90. The Hall–Kier alpha value is -2.63. The molecule has 0 spiro atoms. The third-order valence-electron chi connectivity index (χ3n) is 4.70. The van der Waals surface area contributed by atoms with E-state index in [4.69, 9.17) is 4.74 Å². The van der Waals surface area contributed by atoms with E-state index in [0.29, 0.717) is 29.8 Å². The first-order valence-corrected chi connectivity index (χ1v) is 9.34. The van der Waals surface area contributed by atoms with Gasteiger partial charge < -0.3 is 15.0 Å². The Morgan fingerprint density at radius 1 is 1.23 bits per heavy atom. The Kier molecular flexibility index (Phi) is 6.04. The molecule has 1 aliphatic rings. The van der Waals surface area contributed by atoms with Gasteiger partial charge in [0.05, 0.1) is 24.7 Å². The Balaban J connectivity index is 1.71. The maximum atomic E-state index is 12.5. The van der Waals surface area contributed by atoms with Gasteiger partial charge in [-0.1, -0.05) is 19.1 Å². The Bertz CT molecular complexity index is 733. The summed E-state index contributed by atoms with van der Waals surface area (Å²) in [5, 5.41) is 2.85. The number of aromatic nitrogens is 2. The quantitative estimate of drug-likeness (QED) is 0.852. The van der Waals surface area contributed by atoms with E-state index >= 15 is 0 Å². The molecule has 0 bridgehead atoms. The van der Waals surface area contributed by atoms with Crippen LogP contribution in [0.3, 0.4) is 0 Å². The summed E-state index contributed by atoms with van der Waals surface area (Å²) < 4.78 is 5.54. The molecule has 0 radical (unpaired) electrons. The van der Waals surface area contributed by atoms with Crippen molar-refractivity contribution < 1.29 is 9.53 Å². The molecule has 2 aromatic rings. The minimum atomic E-state index is -0.290. The third kappa shape index (κ3) is 4.12. The van der Waals surface area contributed by atoms with Gasteiger partial charge in [-0.15, -0.1) is 0 Å². The van der Waals surface area contributed by atoms with Crippen molar-refractivity contribution in [2.75, 3.05) is 23.4 Å². The van der Waals surface area contributed by atoms with Crippen molar-refractivity contribution in [3.8, 4) is 5.75 Å². The molecule has 1 fully saturated rings. The van der Waals surface area contributed by atoms with Gasteiger partial charge in [-0.05, 0) is 44.7 Å². The van der Waals surface area contributed by atoms with E-state index in [1.807, 2.05) is 31.2 Å². The minimum absolute atomic E-state index is 0.290. The number of piperidine rings is 1. The van der Waals surface area contributed by atoms with Crippen molar-refractivity contribution in [1.29, 1.82) is 0 Å². The fourth-order valence-electron chi connectivity index (χ4n) is 3.35. The Morgan fingerprint density at radius 3 is 2.81 bits per heavy atom. The predicted molar refractivity (Wildman–Crippen MR) is 103 cm³/mol. The van der Waals surface area contributed by atoms with Crippen LogP contribution >= 0.6 is 0 Å². The largest absolute Gasteiger partial charge is 0.492 e. The van der Waals surface area contributed by atoms with Crippen molar-refractivity contribution in [2.24, 2.45) is 0 Å². The van der Waals surface area contributed by atoms with Gasteiger partial charge in [-0.3, -0.25) is 4.79 Å². The maximum absolute atomic E-state index is 12.5. The van der Waals surface area contributed by atoms with Gasteiger partial charge in [0.15, 0.2) is 0 Å². The van der Waals surface area contributed by atoms with Crippen molar-refractivity contribution in [3.05, 3.63) is 42.4 Å². The van der Waals surface area contributed by atoms with Crippen LogP contribution in [-0.2, 0) is 0 Å². The molecule has 6 heteroatoms. The zero-order valence-electron chi connectivity index (χ0n) is 15.4. The summed E-state index contributed by atoms with van der Waals surface area (Å²) in [7, 11) is 0. The van der Waals surface area contributed by atoms with Crippen LogP contribution in [0.2, 0.25) is 0 Å². The van der Waals surface area contributed by atoms with Gasteiger partial charge in [-0.2, -0.15) is 0 Å². The number of carbonyl (C=O) groups excluding carboxylic acids is 1. The van der Waals surface area contributed by atoms with Crippen molar-refractivity contribution >= 4 is 17.4 Å². The van der Waals surface area contributed by atoms with Gasteiger partial charge >= 0.3 is 0 Å². The second-order valence-electron chi connectivity index (χ2n) is 6.39. The normalized spacial score (nSPS) is 17.0. The second kappa shape index (κ2) is 8.65. The lowest BCUT2D eigenvalue weighted by atomic mass is 10.0. The SMILES string of the molecule is CCOc1ccccc1NC(=O)c1cnc(N2CCCCC2CC)cn1. The molecular formula is C20H26N4O2. The van der Waals surface area contributed by atoms with E-state index in [1.165, 1.54) is 19.3 Å². The van der Waals surface area contributed by atoms with Gasteiger partial charge in [0.25, 0.3) is 5.91 Å². The Labute approximate surface area is 154 Å². The molecule has 1 N–H and O–H groups in total. The highest BCUT2D eigenvalue weighted by atomic mass is 16.5. The van der Waals surface area contributed by atoms with Crippen molar-refractivity contribution in [3.63, 3.8) is 0 Å². The lowest BCUT2D eigenvalue weighted by Crippen LogP contribution is -2.39. The van der Waals surface area contributed by atoms with Crippen molar-refractivity contribution in [2.45, 2.75) is 45.6 Å². The first-order valence-electron chi connectivity index (χ1n) is 9.34. The molecule has 1 aromatic heterocycles. The highest BCUT2D eigenvalue weighted by Gasteiger charge is 2.22. The average Bonchev–Trinajstić information content (AvgIpc) is 2.69. The molecule has 1 unspecified atom stereocenters. The molecule has 26 heavy (non-hydrogen) atoms. The van der Waals surface area contributed by atoms with E-state index in [0.717, 1.165) is 18.8 Å². The zero-order chi connectivity index (χ0) is 18.4. The Morgan fingerprint density at radius 2 is 2.08 bits per heavy atom. The van der Waals surface area contributed by atoms with E-state index < -0.39 is 0 Å². The fourth-order valence-corrected chi connectivity index (χ4v) is 3.35. The average molecular weight is 354 g/mol. The highest BCUT2D eigenvalue weighted by Crippen LogP contribution is 2.26. The number of amides is 1.